The molecule has 1 aromatic rings. The van der Waals surface area contributed by atoms with E-state index in [-0.39, 0.29) is 5.02 Å². The van der Waals surface area contributed by atoms with Crippen molar-refractivity contribution in [1.82, 2.24) is 4.98 Å². The third kappa shape index (κ3) is 1.27. The van der Waals surface area contributed by atoms with Gasteiger partial charge in [-0.05, 0) is 12.0 Å². The van der Waals surface area contributed by atoms with Gasteiger partial charge >= 0.3 is 0 Å². The lowest BCUT2D eigenvalue weighted by Crippen LogP contribution is -1.87. The van der Waals surface area contributed by atoms with Gasteiger partial charge in [-0.3, -0.25) is 4.98 Å². The number of hydrogen-bond acceptors (Lipinski definition) is 1. The summed E-state index contributed by atoms with van der Waals surface area (Å²) < 4.78 is 12.6. The summed E-state index contributed by atoms with van der Waals surface area (Å²) in [6, 6.07) is 0. The zero-order valence-electron chi connectivity index (χ0n) is 5.56. The molecule has 0 aromatic carbocycles. The smallest absolute Gasteiger partial charge is 0.160 e. The van der Waals surface area contributed by atoms with Crippen molar-refractivity contribution in [2.24, 2.45) is 0 Å². The molecule has 0 bridgehead atoms. The lowest BCUT2D eigenvalue weighted by Gasteiger charge is -1.98. The minimum Gasteiger partial charge on any atom is -0.261 e. The van der Waals surface area contributed by atoms with Gasteiger partial charge in [-0.2, -0.15) is 0 Å². The Hall–Kier alpha value is -0.630. The standard InChI is InChI=1S/C7H7ClFN/c1-2-5-3-10-4-6(9)7(5)8/h3-4H,2H2,1H3. The van der Waals surface area contributed by atoms with Crippen molar-refractivity contribution in [1.29, 1.82) is 0 Å². The van der Waals surface area contributed by atoms with Crippen LogP contribution in [-0.4, -0.2) is 4.98 Å². The van der Waals surface area contributed by atoms with E-state index in [1.807, 2.05) is 6.92 Å². The maximum atomic E-state index is 12.6. The highest BCUT2D eigenvalue weighted by molar-refractivity contribution is 6.31. The lowest BCUT2D eigenvalue weighted by molar-refractivity contribution is 0.619. The molecule has 0 saturated heterocycles. The first kappa shape index (κ1) is 7.48. The van der Waals surface area contributed by atoms with Crippen LogP contribution in [0.2, 0.25) is 5.02 Å². The fraction of sp³-hybridized carbons (Fsp3) is 0.286. The second-order valence-electron chi connectivity index (χ2n) is 1.95. The van der Waals surface area contributed by atoms with Gasteiger partial charge in [0.1, 0.15) is 0 Å². The highest BCUT2D eigenvalue weighted by Crippen LogP contribution is 2.17. The normalized spacial score (nSPS) is 9.90. The summed E-state index contributed by atoms with van der Waals surface area (Å²) in [5.41, 5.74) is 0.752. The number of rotatable bonds is 1. The Bertz CT molecular complexity index is 237. The highest BCUT2D eigenvalue weighted by Gasteiger charge is 2.02. The molecule has 0 atom stereocenters. The van der Waals surface area contributed by atoms with Crippen molar-refractivity contribution >= 4 is 11.6 Å². The number of aryl methyl sites for hydroxylation is 1. The third-order valence-electron chi connectivity index (χ3n) is 1.29. The summed E-state index contributed by atoms with van der Waals surface area (Å²) in [6.45, 7) is 1.91. The van der Waals surface area contributed by atoms with E-state index >= 15 is 0 Å². The molecule has 0 aliphatic heterocycles. The molecule has 0 N–H and O–H groups in total. The second kappa shape index (κ2) is 2.97. The zero-order chi connectivity index (χ0) is 7.56. The fourth-order valence-electron chi connectivity index (χ4n) is 0.706. The monoisotopic (exact) mass is 159 g/mol. The largest absolute Gasteiger partial charge is 0.261 e. The van der Waals surface area contributed by atoms with Crippen LogP contribution in [0.5, 0.6) is 0 Å². The van der Waals surface area contributed by atoms with Gasteiger partial charge in [0.2, 0.25) is 0 Å². The molecule has 0 spiro atoms. The lowest BCUT2D eigenvalue weighted by atomic mass is 10.2. The van der Waals surface area contributed by atoms with Crippen molar-refractivity contribution in [2.45, 2.75) is 13.3 Å². The second-order valence-corrected chi connectivity index (χ2v) is 2.33. The molecule has 54 valence electrons. The predicted molar refractivity (Wildman–Crippen MR) is 38.6 cm³/mol. The van der Waals surface area contributed by atoms with Crippen LogP contribution in [0.25, 0.3) is 0 Å². The average molecular weight is 160 g/mol. The van der Waals surface area contributed by atoms with Crippen LogP contribution in [0.4, 0.5) is 4.39 Å². The number of aromatic nitrogens is 1. The summed E-state index contributed by atoms with van der Waals surface area (Å²) in [6.07, 6.45) is 3.40. The SMILES string of the molecule is CCc1cncc(F)c1Cl. The van der Waals surface area contributed by atoms with E-state index in [9.17, 15) is 4.39 Å². The molecule has 1 nitrogen and oxygen atoms in total. The van der Waals surface area contributed by atoms with Crippen molar-refractivity contribution in [3.63, 3.8) is 0 Å². The Balaban J connectivity index is 3.14. The molecule has 0 saturated carbocycles. The molecular formula is C7H7ClFN. The summed E-state index contributed by atoms with van der Waals surface area (Å²) >= 11 is 5.58. The Labute approximate surface area is 63.8 Å². The van der Waals surface area contributed by atoms with Gasteiger partial charge in [0, 0.05) is 6.20 Å². The van der Waals surface area contributed by atoms with E-state index in [2.05, 4.69) is 4.98 Å². The van der Waals surface area contributed by atoms with Gasteiger partial charge in [-0.25, -0.2) is 4.39 Å². The molecule has 1 heterocycles. The summed E-state index contributed by atoms with van der Waals surface area (Å²) in [4.78, 5) is 3.66. The van der Waals surface area contributed by atoms with E-state index in [1.54, 1.807) is 6.20 Å². The van der Waals surface area contributed by atoms with Crippen LogP contribution in [0.3, 0.4) is 0 Å². The van der Waals surface area contributed by atoms with Crippen molar-refractivity contribution in [3.8, 4) is 0 Å². The number of pyridine rings is 1. The molecule has 10 heavy (non-hydrogen) atoms. The van der Waals surface area contributed by atoms with Gasteiger partial charge in [0.05, 0.1) is 11.2 Å². The Morgan fingerprint density at radius 2 is 2.30 bits per heavy atom. The summed E-state index contributed by atoms with van der Waals surface area (Å²) in [5, 5.41) is 0.192. The molecule has 0 aliphatic carbocycles. The predicted octanol–water partition coefficient (Wildman–Crippen LogP) is 2.44. The molecule has 0 unspecified atom stereocenters. The number of halogens is 2. The van der Waals surface area contributed by atoms with Crippen LogP contribution in [0.1, 0.15) is 12.5 Å². The van der Waals surface area contributed by atoms with Gasteiger partial charge in [-0.1, -0.05) is 18.5 Å². The van der Waals surface area contributed by atoms with E-state index < -0.39 is 5.82 Å². The summed E-state index contributed by atoms with van der Waals surface area (Å²) in [5.74, 6) is -0.444. The van der Waals surface area contributed by atoms with Crippen LogP contribution in [0, 0.1) is 5.82 Å². The van der Waals surface area contributed by atoms with Gasteiger partial charge < -0.3 is 0 Å². The Kier molecular flexibility index (Phi) is 2.22. The van der Waals surface area contributed by atoms with Gasteiger partial charge in [0.15, 0.2) is 5.82 Å². The van der Waals surface area contributed by atoms with Crippen molar-refractivity contribution < 1.29 is 4.39 Å². The van der Waals surface area contributed by atoms with E-state index in [1.165, 1.54) is 0 Å². The first-order chi connectivity index (χ1) is 4.75. The average Bonchev–Trinajstić information content (AvgIpc) is 1.95. The van der Waals surface area contributed by atoms with Crippen molar-refractivity contribution in [2.75, 3.05) is 0 Å². The van der Waals surface area contributed by atoms with Crippen LogP contribution < -0.4 is 0 Å². The van der Waals surface area contributed by atoms with E-state index in [4.69, 9.17) is 11.6 Å². The minimum absolute atomic E-state index is 0.192. The van der Waals surface area contributed by atoms with Gasteiger partial charge in [0.25, 0.3) is 0 Å². The van der Waals surface area contributed by atoms with E-state index in [0.29, 0.717) is 6.42 Å². The molecule has 0 amide bonds. The Morgan fingerprint density at radius 1 is 1.60 bits per heavy atom. The molecule has 1 aromatic heterocycles. The zero-order valence-corrected chi connectivity index (χ0v) is 6.32. The Morgan fingerprint density at radius 3 is 2.80 bits per heavy atom. The van der Waals surface area contributed by atoms with Crippen molar-refractivity contribution in [3.05, 3.63) is 28.8 Å². The quantitative estimate of drug-likeness (QED) is 0.614. The number of nitrogens with zero attached hydrogens (tertiary/aromatic N) is 1. The molecule has 3 heteroatoms. The summed E-state index contributed by atoms with van der Waals surface area (Å²) in [7, 11) is 0. The maximum Gasteiger partial charge on any atom is 0.160 e. The minimum atomic E-state index is -0.444. The topological polar surface area (TPSA) is 12.9 Å². The molecule has 0 aliphatic rings. The number of hydrogen-bond donors (Lipinski definition) is 0. The molecule has 0 fully saturated rings. The van der Waals surface area contributed by atoms with Gasteiger partial charge in [-0.15, -0.1) is 0 Å². The maximum absolute atomic E-state index is 12.6. The van der Waals surface area contributed by atoms with Crippen LogP contribution in [-0.2, 0) is 6.42 Å². The fourth-order valence-corrected chi connectivity index (χ4v) is 0.937. The third-order valence-corrected chi connectivity index (χ3v) is 1.71. The van der Waals surface area contributed by atoms with Crippen LogP contribution in [0.15, 0.2) is 12.4 Å². The van der Waals surface area contributed by atoms with E-state index in [0.717, 1.165) is 11.8 Å². The molecule has 1 rings (SSSR count). The molecule has 0 radical (unpaired) electrons. The highest BCUT2D eigenvalue weighted by atomic mass is 35.5. The first-order valence-corrected chi connectivity index (χ1v) is 3.41. The first-order valence-electron chi connectivity index (χ1n) is 3.03. The van der Waals surface area contributed by atoms with Crippen LogP contribution >= 0.6 is 11.6 Å². The molecular weight excluding hydrogens is 153 g/mol.